The van der Waals surface area contributed by atoms with Crippen LogP contribution in [-0.4, -0.2) is 105 Å². The quantitative estimate of drug-likeness (QED) is 0.567. The SMILES string of the molecule is CCCO[C@@H]1C[C@H]2C(=O)NC3(CCOc4ccc(C(F)(F)F)cc4S(=O)(=O)N2C1)CCN(C1CCN(C)CC1)CC3. The first-order valence-corrected chi connectivity index (χ1v) is 16.1. The van der Waals surface area contributed by atoms with Gasteiger partial charge < -0.3 is 24.6 Å². The summed E-state index contributed by atoms with van der Waals surface area (Å²) in [6.07, 6.45) is -0.442. The van der Waals surface area contributed by atoms with E-state index >= 15 is 0 Å². The van der Waals surface area contributed by atoms with Crippen LogP contribution in [0.2, 0.25) is 0 Å². The summed E-state index contributed by atoms with van der Waals surface area (Å²) in [6.45, 7) is 5.97. The van der Waals surface area contributed by atoms with Crippen molar-refractivity contribution < 1.29 is 35.9 Å². The van der Waals surface area contributed by atoms with E-state index in [2.05, 4.69) is 22.2 Å². The zero-order valence-corrected chi connectivity index (χ0v) is 24.6. The highest BCUT2D eigenvalue weighted by Gasteiger charge is 2.49. The molecule has 0 bridgehead atoms. The minimum Gasteiger partial charge on any atom is -0.492 e. The third-order valence-corrected chi connectivity index (χ3v) is 11.0. The molecule has 1 aromatic carbocycles. The van der Waals surface area contributed by atoms with E-state index in [1.54, 1.807) is 0 Å². The number of piperidine rings is 2. The van der Waals surface area contributed by atoms with Crippen LogP contribution >= 0.6 is 0 Å². The summed E-state index contributed by atoms with van der Waals surface area (Å²) in [5.74, 6) is -0.567. The molecule has 0 radical (unpaired) electrons. The molecule has 3 saturated heterocycles. The van der Waals surface area contributed by atoms with Crippen molar-refractivity contribution in [1.29, 1.82) is 0 Å². The van der Waals surface area contributed by atoms with Crippen molar-refractivity contribution in [2.75, 3.05) is 53.0 Å². The molecule has 0 aromatic heterocycles. The fourth-order valence-corrected chi connectivity index (χ4v) is 8.41. The van der Waals surface area contributed by atoms with Crippen molar-refractivity contribution in [2.45, 2.75) is 86.7 Å². The van der Waals surface area contributed by atoms with Gasteiger partial charge in [-0.3, -0.25) is 4.79 Å². The molecule has 0 saturated carbocycles. The molecule has 0 unspecified atom stereocenters. The van der Waals surface area contributed by atoms with Crippen LogP contribution < -0.4 is 10.1 Å². The Morgan fingerprint density at radius 2 is 1.83 bits per heavy atom. The van der Waals surface area contributed by atoms with Crippen LogP contribution in [0.15, 0.2) is 23.1 Å². The third kappa shape index (κ3) is 6.53. The van der Waals surface area contributed by atoms with Gasteiger partial charge in [0.25, 0.3) is 0 Å². The summed E-state index contributed by atoms with van der Waals surface area (Å²) in [5.41, 5.74) is -1.69. The van der Waals surface area contributed by atoms with E-state index in [0.717, 1.165) is 55.5 Å². The number of halogens is 3. The highest BCUT2D eigenvalue weighted by atomic mass is 32.2. The predicted molar refractivity (Wildman–Crippen MR) is 146 cm³/mol. The van der Waals surface area contributed by atoms with Crippen molar-refractivity contribution in [3.63, 3.8) is 0 Å². The molecule has 3 fully saturated rings. The number of nitrogens with one attached hydrogen (secondary N) is 1. The number of rotatable bonds is 4. The molecule has 1 N–H and O–H groups in total. The number of ether oxygens (including phenoxy) is 2. The number of benzene rings is 1. The molecule has 1 aromatic rings. The van der Waals surface area contributed by atoms with E-state index in [1.807, 2.05) is 6.92 Å². The fraction of sp³-hybridized carbons (Fsp3) is 0.750. The second-order valence-electron chi connectivity index (χ2n) is 11.9. The van der Waals surface area contributed by atoms with E-state index in [4.69, 9.17) is 9.47 Å². The third-order valence-electron chi connectivity index (χ3n) is 9.12. The molecule has 4 aliphatic rings. The maximum absolute atomic E-state index is 13.9. The number of hydrogen-bond donors (Lipinski definition) is 1. The van der Waals surface area contributed by atoms with Gasteiger partial charge in [0.05, 0.1) is 18.3 Å². The first-order chi connectivity index (χ1) is 19.4. The van der Waals surface area contributed by atoms with Gasteiger partial charge in [0, 0.05) is 50.7 Å². The maximum Gasteiger partial charge on any atom is 0.416 e. The largest absolute Gasteiger partial charge is 0.492 e. The summed E-state index contributed by atoms with van der Waals surface area (Å²) >= 11 is 0. The van der Waals surface area contributed by atoms with Gasteiger partial charge in [-0.25, -0.2) is 8.42 Å². The lowest BCUT2D eigenvalue weighted by atomic mass is 9.83. The summed E-state index contributed by atoms with van der Waals surface area (Å²) < 4.78 is 81.5. The Kier molecular flexibility index (Phi) is 8.92. The Bertz CT molecular complexity index is 1200. The van der Waals surface area contributed by atoms with E-state index in [9.17, 15) is 26.4 Å². The highest BCUT2D eigenvalue weighted by molar-refractivity contribution is 7.89. The molecular weight excluding hydrogens is 561 g/mol. The van der Waals surface area contributed by atoms with Gasteiger partial charge in [0.2, 0.25) is 15.9 Å². The topological polar surface area (TPSA) is 91.4 Å². The predicted octanol–water partition coefficient (Wildman–Crippen LogP) is 3.09. The molecule has 0 aliphatic carbocycles. The van der Waals surface area contributed by atoms with Crippen LogP contribution in [0.1, 0.15) is 57.4 Å². The van der Waals surface area contributed by atoms with Gasteiger partial charge in [0.1, 0.15) is 16.7 Å². The molecule has 41 heavy (non-hydrogen) atoms. The fourth-order valence-electron chi connectivity index (χ4n) is 6.63. The molecule has 13 heteroatoms. The minimum absolute atomic E-state index is 0.0648. The lowest BCUT2D eigenvalue weighted by Gasteiger charge is -2.46. The second kappa shape index (κ2) is 12.0. The number of amides is 1. The molecule has 1 amide bonds. The summed E-state index contributed by atoms with van der Waals surface area (Å²) in [6, 6.07) is 1.94. The number of nitrogens with zero attached hydrogens (tertiary/aromatic N) is 3. The Morgan fingerprint density at radius 1 is 1.12 bits per heavy atom. The van der Waals surface area contributed by atoms with Crippen molar-refractivity contribution >= 4 is 15.9 Å². The van der Waals surface area contributed by atoms with Gasteiger partial charge in [-0.05, 0) is 70.4 Å². The maximum atomic E-state index is 13.9. The Morgan fingerprint density at radius 3 is 2.49 bits per heavy atom. The number of likely N-dealkylation sites (tertiary alicyclic amines) is 2. The van der Waals surface area contributed by atoms with Crippen molar-refractivity contribution in [3.8, 4) is 5.75 Å². The van der Waals surface area contributed by atoms with Crippen molar-refractivity contribution in [2.24, 2.45) is 0 Å². The lowest BCUT2D eigenvalue weighted by molar-refractivity contribution is -0.137. The van der Waals surface area contributed by atoms with Crippen LogP contribution in [0.5, 0.6) is 5.75 Å². The number of carbonyl (C=O) groups excluding carboxylic acids is 1. The smallest absolute Gasteiger partial charge is 0.416 e. The summed E-state index contributed by atoms with van der Waals surface area (Å²) in [4.78, 5) is 18.1. The second-order valence-corrected chi connectivity index (χ2v) is 13.8. The Hall–Kier alpha value is -1.93. The number of hydrogen-bond acceptors (Lipinski definition) is 7. The minimum atomic E-state index is -4.74. The first-order valence-electron chi connectivity index (χ1n) is 14.6. The van der Waals surface area contributed by atoms with Crippen LogP contribution in [-0.2, 0) is 25.7 Å². The van der Waals surface area contributed by atoms with Crippen molar-refractivity contribution in [3.05, 3.63) is 23.8 Å². The molecular formula is C28H41F3N4O5S. The molecule has 4 heterocycles. The summed E-state index contributed by atoms with van der Waals surface area (Å²) in [5, 5.41) is 3.21. The van der Waals surface area contributed by atoms with Gasteiger partial charge in [-0.2, -0.15) is 17.5 Å². The van der Waals surface area contributed by atoms with Crippen LogP contribution in [0.4, 0.5) is 13.2 Å². The lowest BCUT2D eigenvalue weighted by Crippen LogP contribution is -2.60. The van der Waals surface area contributed by atoms with Gasteiger partial charge in [0.15, 0.2) is 0 Å². The van der Waals surface area contributed by atoms with Crippen LogP contribution in [0.3, 0.4) is 0 Å². The van der Waals surface area contributed by atoms with E-state index in [-0.39, 0.29) is 25.3 Å². The van der Waals surface area contributed by atoms with E-state index in [1.165, 1.54) is 0 Å². The zero-order valence-electron chi connectivity index (χ0n) is 23.8. The standard InChI is InChI=1S/C28H41F3N4O5S/c1-3-15-39-22-18-23-26(36)32-27(8-13-34(14-9-27)21-6-11-33(2)12-7-21)10-16-40-24-5-4-20(28(29,30)31)17-25(24)41(37,38)35(23)19-22/h4-5,17,21-23H,3,6-16,18-19H2,1-2H3,(H,32,36)/t22-,23+/m1/s1. The van der Waals surface area contributed by atoms with E-state index < -0.39 is 50.3 Å². The van der Waals surface area contributed by atoms with Crippen LogP contribution in [0, 0.1) is 0 Å². The average Bonchev–Trinajstić information content (AvgIpc) is 3.37. The molecule has 9 nitrogen and oxygen atoms in total. The molecule has 230 valence electrons. The monoisotopic (exact) mass is 602 g/mol. The number of fused-ring (bicyclic) bond motifs is 2. The first kappa shape index (κ1) is 30.5. The summed E-state index contributed by atoms with van der Waals surface area (Å²) in [7, 11) is -2.39. The van der Waals surface area contributed by atoms with Gasteiger partial charge in [-0.15, -0.1) is 0 Å². The van der Waals surface area contributed by atoms with Gasteiger partial charge >= 0.3 is 6.18 Å². The number of sulfonamides is 1. The highest BCUT2D eigenvalue weighted by Crippen LogP contribution is 2.39. The number of carbonyl (C=O) groups is 1. The van der Waals surface area contributed by atoms with E-state index in [0.29, 0.717) is 44.4 Å². The molecule has 5 rings (SSSR count). The zero-order chi connectivity index (χ0) is 29.4. The van der Waals surface area contributed by atoms with Crippen LogP contribution in [0.25, 0.3) is 0 Å². The Labute approximate surface area is 240 Å². The molecule has 4 aliphatic heterocycles. The molecule has 2 atom stereocenters. The molecule has 1 spiro atoms. The van der Waals surface area contributed by atoms with Crippen molar-refractivity contribution in [1.82, 2.24) is 19.4 Å². The normalized spacial score (nSPS) is 28.4. The number of alkyl halides is 3. The Balaban J connectivity index is 1.45. The average molecular weight is 603 g/mol. The van der Waals surface area contributed by atoms with Gasteiger partial charge in [-0.1, -0.05) is 6.92 Å².